The molecule has 0 N–H and O–H groups in total. The summed E-state index contributed by atoms with van der Waals surface area (Å²) in [6.07, 6.45) is 5.56. The normalized spacial score (nSPS) is 19.5. The van der Waals surface area contributed by atoms with Crippen LogP contribution in [0.1, 0.15) is 16.7 Å². The third-order valence-electron chi connectivity index (χ3n) is 5.58. The van der Waals surface area contributed by atoms with Crippen LogP contribution in [0.4, 0.5) is 11.4 Å². The van der Waals surface area contributed by atoms with Crippen LogP contribution in [0.2, 0.25) is 15.1 Å². The average molecular weight is 511 g/mol. The maximum atomic E-state index is 6.24. The first-order valence-electron chi connectivity index (χ1n) is 9.86. The fourth-order valence-electron chi connectivity index (χ4n) is 3.96. The predicted octanol–water partition coefficient (Wildman–Crippen LogP) is 5.40. The molecule has 7 heteroatoms. The standard InChI is InChI=1S/C22H23AsCl3N3/c23-19-6-9-29(22-14-16(24)2-4-18(19)22)8-1-7-27-10-12-28(13-11-27)17-3-5-20(25)21(26)15-17/h2-6,9,14-15,19H,1,7-8,10-13H2. The summed E-state index contributed by atoms with van der Waals surface area (Å²) in [4.78, 5) is 7.25. The summed E-state index contributed by atoms with van der Waals surface area (Å²) in [7, 11) is 0. The zero-order valence-electron chi connectivity index (χ0n) is 16.1. The van der Waals surface area contributed by atoms with Gasteiger partial charge in [-0.25, -0.2) is 0 Å². The summed E-state index contributed by atoms with van der Waals surface area (Å²) in [6, 6.07) is 12.1. The molecule has 0 aliphatic carbocycles. The minimum absolute atomic E-state index is 0.375. The van der Waals surface area contributed by atoms with Gasteiger partial charge in [0.25, 0.3) is 0 Å². The molecule has 3 nitrogen and oxygen atoms in total. The van der Waals surface area contributed by atoms with Gasteiger partial charge in [-0.3, -0.25) is 0 Å². The summed E-state index contributed by atoms with van der Waals surface area (Å²) in [5.41, 5.74) is 3.71. The van der Waals surface area contributed by atoms with E-state index in [0.717, 1.165) is 56.4 Å². The number of piperazine rings is 1. The predicted molar refractivity (Wildman–Crippen MR) is 126 cm³/mol. The van der Waals surface area contributed by atoms with Crippen LogP contribution >= 0.6 is 34.8 Å². The van der Waals surface area contributed by atoms with Gasteiger partial charge in [0.1, 0.15) is 0 Å². The van der Waals surface area contributed by atoms with Crippen LogP contribution < -0.4 is 9.80 Å². The van der Waals surface area contributed by atoms with E-state index in [2.05, 4.69) is 62.0 Å². The van der Waals surface area contributed by atoms with Gasteiger partial charge in [0.05, 0.1) is 10.0 Å². The van der Waals surface area contributed by atoms with Crippen molar-refractivity contribution in [2.75, 3.05) is 49.1 Å². The summed E-state index contributed by atoms with van der Waals surface area (Å²) in [5, 5.41) is 2.02. The van der Waals surface area contributed by atoms with Crippen molar-refractivity contribution in [1.29, 1.82) is 0 Å². The van der Waals surface area contributed by atoms with Crippen LogP contribution in [0.5, 0.6) is 0 Å². The number of anilines is 2. The van der Waals surface area contributed by atoms with Gasteiger partial charge in [0, 0.05) is 0 Å². The number of halogens is 3. The molecule has 1 unspecified atom stereocenters. The van der Waals surface area contributed by atoms with Gasteiger partial charge in [0.15, 0.2) is 0 Å². The zero-order valence-corrected chi connectivity index (χ0v) is 20.2. The van der Waals surface area contributed by atoms with Gasteiger partial charge in [-0.2, -0.15) is 0 Å². The molecule has 0 spiro atoms. The Morgan fingerprint density at radius 3 is 2.45 bits per heavy atom. The summed E-state index contributed by atoms with van der Waals surface area (Å²) in [5.74, 6) is 0. The van der Waals surface area contributed by atoms with E-state index in [1.165, 1.54) is 11.3 Å². The fourth-order valence-corrected chi connectivity index (χ4v) is 5.03. The number of fused-ring (bicyclic) bond motifs is 1. The molecule has 0 aromatic heterocycles. The van der Waals surface area contributed by atoms with Crippen LogP contribution in [0.15, 0.2) is 48.7 Å². The Labute approximate surface area is 196 Å². The molecule has 1 fully saturated rings. The van der Waals surface area contributed by atoms with Gasteiger partial charge in [-0.05, 0) is 18.2 Å². The molecule has 2 aliphatic heterocycles. The van der Waals surface area contributed by atoms with Gasteiger partial charge in [-0.15, -0.1) is 0 Å². The quantitative estimate of drug-likeness (QED) is 0.499. The summed E-state index contributed by atoms with van der Waals surface area (Å²) >= 11 is 21.2. The number of allylic oxidation sites excluding steroid dienone is 1. The van der Waals surface area contributed by atoms with Crippen molar-refractivity contribution < 1.29 is 0 Å². The third-order valence-corrected chi connectivity index (χ3v) is 7.50. The molecule has 2 aromatic rings. The SMILES string of the molecule is Clc1ccc2c(c1)N(CCCN1CCN(c3ccc(Cl)c(Cl)c3)CC1)C=CC2[As]. The van der Waals surface area contributed by atoms with Crippen molar-refractivity contribution in [1.82, 2.24) is 4.90 Å². The molecule has 29 heavy (non-hydrogen) atoms. The van der Waals surface area contributed by atoms with Crippen molar-refractivity contribution >= 4 is 63.0 Å². The molecule has 0 bridgehead atoms. The molecular weight excluding hydrogens is 488 g/mol. The second-order valence-electron chi connectivity index (χ2n) is 7.46. The minimum atomic E-state index is 0.375. The fraction of sp³-hybridized carbons (Fsp3) is 0.364. The van der Waals surface area contributed by atoms with E-state index in [0.29, 0.717) is 14.8 Å². The Bertz CT molecular complexity index is 897. The number of hydrogen-bond donors (Lipinski definition) is 0. The molecule has 2 aromatic carbocycles. The van der Waals surface area contributed by atoms with Crippen LogP contribution in [0.3, 0.4) is 0 Å². The summed E-state index contributed by atoms with van der Waals surface area (Å²) in [6.45, 7) is 6.24. The number of benzene rings is 2. The van der Waals surface area contributed by atoms with Gasteiger partial charge < -0.3 is 0 Å². The average Bonchev–Trinajstić information content (AvgIpc) is 2.72. The molecule has 2 radical (unpaired) electrons. The van der Waals surface area contributed by atoms with E-state index in [1.54, 1.807) is 0 Å². The van der Waals surface area contributed by atoms with Gasteiger partial charge >= 0.3 is 146 Å². The number of hydrogen-bond acceptors (Lipinski definition) is 3. The van der Waals surface area contributed by atoms with Gasteiger partial charge in [0.2, 0.25) is 0 Å². The zero-order chi connectivity index (χ0) is 20.4. The van der Waals surface area contributed by atoms with E-state index in [1.807, 2.05) is 18.2 Å². The molecule has 2 aliphatic rings. The van der Waals surface area contributed by atoms with E-state index < -0.39 is 0 Å². The second kappa shape index (κ2) is 9.54. The Morgan fingerprint density at radius 1 is 0.897 bits per heavy atom. The van der Waals surface area contributed by atoms with E-state index in [-0.39, 0.29) is 0 Å². The van der Waals surface area contributed by atoms with E-state index >= 15 is 0 Å². The number of rotatable bonds is 5. The summed E-state index contributed by atoms with van der Waals surface area (Å²) < 4.78 is 0.375. The first-order valence-corrected chi connectivity index (χ1v) is 12.1. The van der Waals surface area contributed by atoms with E-state index in [4.69, 9.17) is 34.8 Å². The Hall–Kier alpha value is -0.832. The van der Waals surface area contributed by atoms with Crippen molar-refractivity contribution in [2.24, 2.45) is 0 Å². The van der Waals surface area contributed by atoms with Crippen LogP contribution in [-0.2, 0) is 0 Å². The third kappa shape index (κ3) is 5.09. The second-order valence-corrected chi connectivity index (χ2v) is 9.88. The molecule has 1 atom stereocenters. The van der Waals surface area contributed by atoms with Crippen molar-refractivity contribution in [3.05, 3.63) is 69.3 Å². The molecule has 0 amide bonds. The van der Waals surface area contributed by atoms with E-state index in [9.17, 15) is 0 Å². The monoisotopic (exact) mass is 509 g/mol. The first kappa shape index (κ1) is 21.4. The first-order chi connectivity index (χ1) is 14.0. The van der Waals surface area contributed by atoms with Crippen LogP contribution in [0.25, 0.3) is 0 Å². The molecule has 4 rings (SSSR count). The molecular formula is C22H23AsCl3N3. The van der Waals surface area contributed by atoms with Crippen LogP contribution in [-0.4, -0.2) is 61.0 Å². The molecule has 1 saturated heterocycles. The molecule has 2 heterocycles. The van der Waals surface area contributed by atoms with Crippen molar-refractivity contribution in [2.45, 2.75) is 11.1 Å². The van der Waals surface area contributed by atoms with Gasteiger partial charge in [-0.1, -0.05) is 23.2 Å². The number of nitrogens with zero attached hydrogens (tertiary/aromatic N) is 3. The Morgan fingerprint density at radius 2 is 1.69 bits per heavy atom. The van der Waals surface area contributed by atoms with Crippen molar-refractivity contribution in [3.8, 4) is 0 Å². The van der Waals surface area contributed by atoms with Crippen LogP contribution in [0, 0.1) is 0 Å². The van der Waals surface area contributed by atoms with Crippen molar-refractivity contribution in [3.63, 3.8) is 0 Å². The molecule has 152 valence electrons. The Kier molecular flexibility index (Phi) is 7.04. The Balaban J connectivity index is 1.28. The topological polar surface area (TPSA) is 9.72 Å². The maximum absolute atomic E-state index is 6.24. The molecule has 0 saturated carbocycles.